The molecule has 0 heterocycles. The molecule has 0 spiro atoms. The summed E-state index contributed by atoms with van der Waals surface area (Å²) in [4.78, 5) is 10.6. The van der Waals surface area contributed by atoms with Gasteiger partial charge in [-0.1, -0.05) is 18.2 Å². The second-order valence-electron chi connectivity index (χ2n) is 3.53. The zero-order valence-corrected chi connectivity index (χ0v) is 10.2. The maximum Gasteiger partial charge on any atom is 0.236 e. The first-order valence-corrected chi connectivity index (χ1v) is 5.25. The van der Waals surface area contributed by atoms with Gasteiger partial charge in [-0.2, -0.15) is 5.10 Å². The topological polar surface area (TPSA) is 50.7 Å². The van der Waals surface area contributed by atoms with E-state index in [4.69, 9.17) is 4.74 Å². The van der Waals surface area contributed by atoms with E-state index in [1.54, 1.807) is 7.11 Å². The maximum absolute atomic E-state index is 10.6. The summed E-state index contributed by atoms with van der Waals surface area (Å²) in [6, 6.07) is 7.67. The summed E-state index contributed by atoms with van der Waals surface area (Å²) in [6.07, 6.45) is 3.75. The molecule has 1 rings (SSSR count). The van der Waals surface area contributed by atoms with Crippen LogP contribution in [0.15, 0.2) is 35.4 Å². The molecule has 0 fully saturated rings. The summed E-state index contributed by atoms with van der Waals surface area (Å²) in [5, 5.41) is 3.88. The molecule has 0 aliphatic rings. The van der Waals surface area contributed by atoms with Crippen molar-refractivity contribution in [1.29, 1.82) is 0 Å². The minimum absolute atomic E-state index is 0.179. The van der Waals surface area contributed by atoms with Crippen LogP contribution in [0.1, 0.15) is 19.4 Å². The van der Waals surface area contributed by atoms with Crippen molar-refractivity contribution in [2.75, 3.05) is 7.11 Å². The van der Waals surface area contributed by atoms with Crippen LogP contribution in [0.5, 0.6) is 5.75 Å². The van der Waals surface area contributed by atoms with E-state index in [1.807, 2.05) is 43.3 Å². The third kappa shape index (κ3) is 4.97. The van der Waals surface area contributed by atoms with Crippen molar-refractivity contribution in [2.45, 2.75) is 13.8 Å². The van der Waals surface area contributed by atoms with Crippen LogP contribution in [0, 0.1) is 0 Å². The highest BCUT2D eigenvalue weighted by atomic mass is 16.5. The van der Waals surface area contributed by atoms with Gasteiger partial charge < -0.3 is 4.74 Å². The van der Waals surface area contributed by atoms with E-state index in [1.165, 1.54) is 6.92 Å². The summed E-state index contributed by atoms with van der Waals surface area (Å²) < 4.78 is 5.06. The SMILES string of the molecule is COc1ccc(/C=C/C(C)=N/NC(C)=O)cc1. The van der Waals surface area contributed by atoms with Crippen LogP contribution in [-0.2, 0) is 4.79 Å². The third-order valence-electron chi connectivity index (χ3n) is 2.02. The molecule has 1 amide bonds. The van der Waals surface area contributed by atoms with Gasteiger partial charge in [0.2, 0.25) is 5.91 Å². The highest BCUT2D eigenvalue weighted by Crippen LogP contribution is 2.12. The first-order chi connectivity index (χ1) is 8.11. The van der Waals surface area contributed by atoms with Gasteiger partial charge in [0.15, 0.2) is 0 Å². The molecule has 1 aromatic rings. The van der Waals surface area contributed by atoms with E-state index >= 15 is 0 Å². The Balaban J connectivity index is 2.63. The number of ether oxygens (including phenoxy) is 1. The molecule has 4 nitrogen and oxygen atoms in total. The van der Waals surface area contributed by atoms with E-state index in [2.05, 4.69) is 10.5 Å². The lowest BCUT2D eigenvalue weighted by Gasteiger charge is -1.99. The number of nitrogens with one attached hydrogen (secondary N) is 1. The van der Waals surface area contributed by atoms with Crippen LogP contribution in [0.4, 0.5) is 0 Å². The summed E-state index contributed by atoms with van der Waals surface area (Å²) in [6.45, 7) is 3.24. The first kappa shape index (κ1) is 13.0. The minimum atomic E-state index is -0.179. The molecule has 0 aromatic heterocycles. The Hall–Kier alpha value is -2.10. The molecule has 1 aromatic carbocycles. The van der Waals surface area contributed by atoms with Gasteiger partial charge in [-0.3, -0.25) is 4.79 Å². The number of nitrogens with zero attached hydrogens (tertiary/aromatic N) is 1. The number of carbonyl (C=O) groups excluding carboxylic acids is 1. The quantitative estimate of drug-likeness (QED) is 0.639. The molecule has 1 N–H and O–H groups in total. The first-order valence-electron chi connectivity index (χ1n) is 5.25. The van der Waals surface area contributed by atoms with Gasteiger partial charge in [0.1, 0.15) is 5.75 Å². The maximum atomic E-state index is 10.6. The Kier molecular flexibility index (Phi) is 4.94. The molecule has 0 bridgehead atoms. The van der Waals surface area contributed by atoms with Crippen LogP contribution in [0.3, 0.4) is 0 Å². The fourth-order valence-corrected chi connectivity index (χ4v) is 1.14. The monoisotopic (exact) mass is 232 g/mol. The number of allylic oxidation sites excluding steroid dienone is 1. The number of rotatable bonds is 4. The number of amides is 1. The minimum Gasteiger partial charge on any atom is -0.497 e. The van der Waals surface area contributed by atoms with E-state index in [9.17, 15) is 4.79 Å². The average Bonchev–Trinajstić information content (AvgIpc) is 2.34. The summed E-state index contributed by atoms with van der Waals surface area (Å²) in [5.41, 5.74) is 4.15. The number of benzene rings is 1. The zero-order chi connectivity index (χ0) is 12.7. The standard InChI is InChI=1S/C13H16N2O2/c1-10(14-15-11(2)16)4-5-12-6-8-13(17-3)9-7-12/h4-9H,1-3H3,(H,15,16)/b5-4+,14-10+. The van der Waals surface area contributed by atoms with Gasteiger partial charge in [-0.05, 0) is 30.7 Å². The van der Waals surface area contributed by atoms with Crippen LogP contribution in [0.25, 0.3) is 6.08 Å². The molecule has 0 saturated heterocycles. The molecule has 0 radical (unpaired) electrons. The van der Waals surface area contributed by atoms with E-state index < -0.39 is 0 Å². The fraction of sp³-hybridized carbons (Fsp3) is 0.231. The second kappa shape index (κ2) is 6.48. The zero-order valence-electron chi connectivity index (χ0n) is 10.2. The van der Waals surface area contributed by atoms with Crippen molar-refractivity contribution in [3.63, 3.8) is 0 Å². The van der Waals surface area contributed by atoms with Crippen molar-refractivity contribution in [2.24, 2.45) is 5.10 Å². The Morgan fingerprint density at radius 1 is 1.29 bits per heavy atom. The molecule has 17 heavy (non-hydrogen) atoms. The van der Waals surface area contributed by atoms with Gasteiger partial charge in [-0.25, -0.2) is 5.43 Å². The number of carbonyl (C=O) groups is 1. The molecule has 0 aliphatic heterocycles. The largest absolute Gasteiger partial charge is 0.497 e. The van der Waals surface area contributed by atoms with Crippen molar-refractivity contribution < 1.29 is 9.53 Å². The van der Waals surface area contributed by atoms with E-state index in [0.29, 0.717) is 0 Å². The van der Waals surface area contributed by atoms with Crippen LogP contribution < -0.4 is 10.2 Å². The lowest BCUT2D eigenvalue weighted by Crippen LogP contribution is -2.13. The van der Waals surface area contributed by atoms with Gasteiger partial charge in [-0.15, -0.1) is 0 Å². The van der Waals surface area contributed by atoms with Gasteiger partial charge >= 0.3 is 0 Å². The molecule has 90 valence electrons. The molecule has 4 heteroatoms. The number of hydrogen-bond acceptors (Lipinski definition) is 3. The summed E-state index contributed by atoms with van der Waals surface area (Å²) in [5.74, 6) is 0.646. The lowest BCUT2D eigenvalue weighted by molar-refractivity contribution is -0.118. The predicted octanol–water partition coefficient (Wildman–Crippen LogP) is 2.22. The number of hydrazone groups is 1. The van der Waals surface area contributed by atoms with Crippen LogP contribution in [0.2, 0.25) is 0 Å². The second-order valence-corrected chi connectivity index (χ2v) is 3.53. The van der Waals surface area contributed by atoms with Crippen molar-refractivity contribution >= 4 is 17.7 Å². The van der Waals surface area contributed by atoms with E-state index in [-0.39, 0.29) is 5.91 Å². The molecule has 0 saturated carbocycles. The van der Waals surface area contributed by atoms with Gasteiger partial charge in [0.05, 0.1) is 12.8 Å². The Morgan fingerprint density at radius 2 is 1.94 bits per heavy atom. The van der Waals surface area contributed by atoms with E-state index in [0.717, 1.165) is 17.0 Å². The predicted molar refractivity (Wildman–Crippen MR) is 69.0 cm³/mol. The molecular weight excluding hydrogens is 216 g/mol. The van der Waals surface area contributed by atoms with Crippen LogP contribution >= 0.6 is 0 Å². The molecule has 0 aliphatic carbocycles. The van der Waals surface area contributed by atoms with Gasteiger partial charge in [0, 0.05) is 6.92 Å². The Morgan fingerprint density at radius 3 is 2.47 bits per heavy atom. The lowest BCUT2D eigenvalue weighted by atomic mass is 10.2. The number of hydrogen-bond donors (Lipinski definition) is 1. The molecular formula is C13H16N2O2. The highest BCUT2D eigenvalue weighted by Gasteiger charge is 1.91. The van der Waals surface area contributed by atoms with Crippen molar-refractivity contribution in [1.82, 2.24) is 5.43 Å². The molecule has 0 unspecified atom stereocenters. The highest BCUT2D eigenvalue weighted by molar-refractivity contribution is 5.96. The van der Waals surface area contributed by atoms with Crippen LogP contribution in [-0.4, -0.2) is 18.7 Å². The van der Waals surface area contributed by atoms with Crippen molar-refractivity contribution in [3.8, 4) is 5.75 Å². The smallest absolute Gasteiger partial charge is 0.236 e. The summed E-state index contributed by atoms with van der Waals surface area (Å²) in [7, 11) is 1.63. The van der Waals surface area contributed by atoms with Crippen molar-refractivity contribution in [3.05, 3.63) is 35.9 Å². The summed E-state index contributed by atoms with van der Waals surface area (Å²) >= 11 is 0. The Labute approximate surface area is 101 Å². The molecule has 0 atom stereocenters. The average molecular weight is 232 g/mol. The third-order valence-corrected chi connectivity index (χ3v) is 2.02. The Bertz CT molecular complexity index is 433. The van der Waals surface area contributed by atoms with Gasteiger partial charge in [0.25, 0.3) is 0 Å². The normalized spacial score (nSPS) is 11.6. The fourth-order valence-electron chi connectivity index (χ4n) is 1.14. The number of methoxy groups -OCH3 is 1.